The first-order valence-corrected chi connectivity index (χ1v) is 8.70. The Bertz CT molecular complexity index is 711. The van der Waals surface area contributed by atoms with Gasteiger partial charge in [0.2, 0.25) is 18.6 Å². The maximum atomic E-state index is 12.3. The van der Waals surface area contributed by atoms with Gasteiger partial charge in [-0.2, -0.15) is 0 Å². The molecule has 1 aromatic carbocycles. The van der Waals surface area contributed by atoms with Crippen LogP contribution in [0.5, 0.6) is 11.5 Å². The lowest BCUT2D eigenvalue weighted by Crippen LogP contribution is -2.53. The molecule has 8 nitrogen and oxygen atoms in total. The molecular formula is C18H23N3O5. The molecule has 2 aliphatic rings. The fourth-order valence-corrected chi connectivity index (χ4v) is 2.95. The van der Waals surface area contributed by atoms with Crippen LogP contribution < -0.4 is 14.8 Å². The molecule has 140 valence electrons. The molecule has 2 aliphatic heterocycles. The summed E-state index contributed by atoms with van der Waals surface area (Å²) < 4.78 is 10.5. The highest BCUT2D eigenvalue weighted by Gasteiger charge is 2.25. The molecule has 8 heteroatoms. The number of carbonyl (C=O) groups excluding carboxylic acids is 3. The van der Waals surface area contributed by atoms with E-state index >= 15 is 0 Å². The Hall–Kier alpha value is -2.77. The molecule has 3 amide bonds. The number of carbonyl (C=O) groups is 3. The Morgan fingerprint density at radius 2 is 1.69 bits per heavy atom. The SMILES string of the molecule is CC(C)C(=O)N1CCN(C(=O)CNC(=O)c2ccc3c(c2)OCO3)CC1. The summed E-state index contributed by atoms with van der Waals surface area (Å²) in [5.41, 5.74) is 0.411. The fourth-order valence-electron chi connectivity index (χ4n) is 2.95. The summed E-state index contributed by atoms with van der Waals surface area (Å²) in [5.74, 6) is 0.689. The molecular weight excluding hydrogens is 338 g/mol. The Labute approximate surface area is 152 Å². The number of fused-ring (bicyclic) bond motifs is 1. The van der Waals surface area contributed by atoms with Crippen LogP contribution in [0, 0.1) is 5.92 Å². The van der Waals surface area contributed by atoms with Crippen molar-refractivity contribution >= 4 is 17.7 Å². The van der Waals surface area contributed by atoms with Crippen LogP contribution in [0.2, 0.25) is 0 Å². The van der Waals surface area contributed by atoms with Crippen LogP contribution in [0.25, 0.3) is 0 Å². The van der Waals surface area contributed by atoms with Gasteiger partial charge in [-0.25, -0.2) is 0 Å². The van der Waals surface area contributed by atoms with Crippen molar-refractivity contribution in [2.75, 3.05) is 39.5 Å². The van der Waals surface area contributed by atoms with Gasteiger partial charge in [0.1, 0.15) is 0 Å². The maximum absolute atomic E-state index is 12.3. The maximum Gasteiger partial charge on any atom is 0.251 e. The van der Waals surface area contributed by atoms with E-state index in [1.807, 2.05) is 13.8 Å². The molecule has 0 aromatic heterocycles. The quantitative estimate of drug-likeness (QED) is 0.842. The van der Waals surface area contributed by atoms with Gasteiger partial charge < -0.3 is 24.6 Å². The largest absolute Gasteiger partial charge is 0.454 e. The second kappa shape index (κ2) is 7.63. The molecule has 0 unspecified atom stereocenters. The molecule has 1 fully saturated rings. The molecule has 3 rings (SSSR count). The first-order valence-electron chi connectivity index (χ1n) is 8.70. The number of hydrogen-bond donors (Lipinski definition) is 1. The number of piperazine rings is 1. The normalized spacial score (nSPS) is 16.0. The van der Waals surface area contributed by atoms with Gasteiger partial charge in [-0.15, -0.1) is 0 Å². The summed E-state index contributed by atoms with van der Waals surface area (Å²) in [4.78, 5) is 39.9. The van der Waals surface area contributed by atoms with E-state index in [9.17, 15) is 14.4 Å². The average Bonchev–Trinajstić information content (AvgIpc) is 3.13. The molecule has 0 spiro atoms. The van der Waals surface area contributed by atoms with E-state index in [0.717, 1.165) is 0 Å². The van der Waals surface area contributed by atoms with Crippen molar-refractivity contribution < 1.29 is 23.9 Å². The van der Waals surface area contributed by atoms with Crippen molar-refractivity contribution in [3.63, 3.8) is 0 Å². The third-order valence-electron chi connectivity index (χ3n) is 4.47. The predicted molar refractivity (Wildman–Crippen MR) is 92.9 cm³/mol. The minimum absolute atomic E-state index is 0.0433. The van der Waals surface area contributed by atoms with Crippen molar-refractivity contribution in [1.82, 2.24) is 15.1 Å². The second-order valence-electron chi connectivity index (χ2n) is 6.61. The zero-order chi connectivity index (χ0) is 18.7. The van der Waals surface area contributed by atoms with Gasteiger partial charge in [-0.3, -0.25) is 14.4 Å². The van der Waals surface area contributed by atoms with Gasteiger partial charge in [-0.05, 0) is 18.2 Å². The molecule has 0 atom stereocenters. The Morgan fingerprint density at radius 1 is 1.04 bits per heavy atom. The lowest BCUT2D eigenvalue weighted by molar-refractivity contribution is -0.140. The van der Waals surface area contributed by atoms with Gasteiger partial charge in [0, 0.05) is 37.7 Å². The summed E-state index contributed by atoms with van der Waals surface area (Å²) in [6, 6.07) is 4.89. The molecule has 1 aromatic rings. The summed E-state index contributed by atoms with van der Waals surface area (Å²) in [6.45, 7) is 5.82. The zero-order valence-electron chi connectivity index (χ0n) is 15.0. The minimum atomic E-state index is -0.342. The number of nitrogens with zero attached hydrogens (tertiary/aromatic N) is 2. The number of amides is 3. The minimum Gasteiger partial charge on any atom is -0.454 e. The summed E-state index contributed by atoms with van der Waals surface area (Å²) in [7, 11) is 0. The van der Waals surface area contributed by atoms with Crippen LogP contribution in [0.1, 0.15) is 24.2 Å². The Kier molecular flexibility index (Phi) is 5.29. The third kappa shape index (κ3) is 3.89. The van der Waals surface area contributed by atoms with Crippen LogP contribution in [0.15, 0.2) is 18.2 Å². The smallest absolute Gasteiger partial charge is 0.251 e. The van der Waals surface area contributed by atoms with E-state index in [2.05, 4.69) is 5.32 Å². The van der Waals surface area contributed by atoms with E-state index in [1.54, 1.807) is 28.0 Å². The molecule has 0 bridgehead atoms. The van der Waals surface area contributed by atoms with Crippen LogP contribution in [-0.4, -0.2) is 67.0 Å². The molecule has 0 radical (unpaired) electrons. The highest BCUT2D eigenvalue weighted by Crippen LogP contribution is 2.32. The summed E-state index contributed by atoms with van der Waals surface area (Å²) in [6.07, 6.45) is 0. The van der Waals surface area contributed by atoms with Crippen molar-refractivity contribution in [3.05, 3.63) is 23.8 Å². The first-order chi connectivity index (χ1) is 12.5. The van der Waals surface area contributed by atoms with Gasteiger partial charge in [0.15, 0.2) is 11.5 Å². The Balaban J connectivity index is 1.47. The molecule has 1 N–H and O–H groups in total. The van der Waals surface area contributed by atoms with Crippen molar-refractivity contribution in [2.24, 2.45) is 5.92 Å². The number of hydrogen-bond acceptors (Lipinski definition) is 5. The van der Waals surface area contributed by atoms with Crippen molar-refractivity contribution in [2.45, 2.75) is 13.8 Å². The molecule has 26 heavy (non-hydrogen) atoms. The summed E-state index contributed by atoms with van der Waals surface area (Å²) in [5, 5.41) is 2.63. The van der Waals surface area contributed by atoms with Gasteiger partial charge >= 0.3 is 0 Å². The summed E-state index contributed by atoms with van der Waals surface area (Å²) >= 11 is 0. The monoisotopic (exact) mass is 361 g/mol. The van der Waals surface area contributed by atoms with E-state index in [0.29, 0.717) is 43.2 Å². The Morgan fingerprint density at radius 3 is 2.38 bits per heavy atom. The lowest BCUT2D eigenvalue weighted by atomic mass is 10.1. The number of rotatable bonds is 4. The lowest BCUT2D eigenvalue weighted by Gasteiger charge is -2.35. The van der Waals surface area contributed by atoms with Gasteiger partial charge in [0.25, 0.3) is 5.91 Å². The van der Waals surface area contributed by atoms with Gasteiger partial charge in [-0.1, -0.05) is 13.8 Å². The molecule has 2 heterocycles. The van der Waals surface area contributed by atoms with Crippen LogP contribution in [0.3, 0.4) is 0 Å². The molecule has 1 saturated heterocycles. The first kappa shape index (κ1) is 18.0. The van der Waals surface area contributed by atoms with Crippen LogP contribution >= 0.6 is 0 Å². The topological polar surface area (TPSA) is 88.2 Å². The fraction of sp³-hybridized carbons (Fsp3) is 0.500. The number of ether oxygens (including phenoxy) is 2. The standard InChI is InChI=1S/C18H23N3O5/c1-12(2)18(24)21-7-5-20(6-8-21)16(22)10-19-17(23)13-3-4-14-15(9-13)26-11-25-14/h3-4,9,12H,5-8,10-11H2,1-2H3,(H,19,23). The highest BCUT2D eigenvalue weighted by molar-refractivity contribution is 5.97. The number of nitrogens with one attached hydrogen (secondary N) is 1. The van der Waals surface area contributed by atoms with Crippen LogP contribution in [0.4, 0.5) is 0 Å². The molecule has 0 saturated carbocycles. The number of benzene rings is 1. The third-order valence-corrected chi connectivity index (χ3v) is 4.47. The van der Waals surface area contributed by atoms with Crippen molar-refractivity contribution in [3.8, 4) is 11.5 Å². The van der Waals surface area contributed by atoms with E-state index in [4.69, 9.17) is 9.47 Å². The van der Waals surface area contributed by atoms with Gasteiger partial charge in [0.05, 0.1) is 6.54 Å². The van der Waals surface area contributed by atoms with E-state index < -0.39 is 0 Å². The van der Waals surface area contributed by atoms with Crippen LogP contribution in [-0.2, 0) is 9.59 Å². The van der Waals surface area contributed by atoms with E-state index in [-0.39, 0.29) is 37.0 Å². The average molecular weight is 361 g/mol. The van der Waals surface area contributed by atoms with E-state index in [1.165, 1.54) is 0 Å². The highest BCUT2D eigenvalue weighted by atomic mass is 16.7. The second-order valence-corrected chi connectivity index (χ2v) is 6.61. The predicted octanol–water partition coefficient (Wildman–Crippen LogP) is 0.472. The zero-order valence-corrected chi connectivity index (χ0v) is 15.0. The molecule has 0 aliphatic carbocycles. The van der Waals surface area contributed by atoms with Crippen molar-refractivity contribution in [1.29, 1.82) is 0 Å².